The summed E-state index contributed by atoms with van der Waals surface area (Å²) < 4.78 is 15.7. The fourth-order valence-electron chi connectivity index (χ4n) is 4.64. The number of hydrogen-bond acceptors (Lipinski definition) is 5. The van der Waals surface area contributed by atoms with Crippen LogP contribution in [-0.2, 0) is 0 Å². The van der Waals surface area contributed by atoms with Crippen molar-refractivity contribution in [3.05, 3.63) is 71.9 Å². The summed E-state index contributed by atoms with van der Waals surface area (Å²) in [6.07, 6.45) is 5.38. The number of carbonyl (C=O) groups excluding carboxylic acids is 1. The molecule has 1 fully saturated rings. The van der Waals surface area contributed by atoms with E-state index in [0.29, 0.717) is 10.7 Å². The monoisotopic (exact) mass is 477 g/mol. The first-order valence-corrected chi connectivity index (χ1v) is 12.6. The molecule has 1 aliphatic rings. The topological polar surface area (TPSA) is 66.8 Å². The number of ketones is 1. The van der Waals surface area contributed by atoms with E-state index in [9.17, 15) is 9.18 Å². The highest BCUT2D eigenvalue weighted by molar-refractivity contribution is 8.00. The van der Waals surface area contributed by atoms with Gasteiger partial charge in [-0.2, -0.15) is 0 Å². The van der Waals surface area contributed by atoms with Gasteiger partial charge in [0.15, 0.2) is 16.8 Å². The molecule has 176 valence electrons. The maximum Gasteiger partial charge on any atom is 0.196 e. The maximum atomic E-state index is 13.7. The molecule has 0 saturated carbocycles. The van der Waals surface area contributed by atoms with Crippen LogP contribution in [0.3, 0.4) is 0 Å². The quantitative estimate of drug-likeness (QED) is 0.269. The summed E-state index contributed by atoms with van der Waals surface area (Å²) in [6.45, 7) is 6.08. The molecule has 8 heteroatoms. The molecular formula is C26H28FN5OS. The Morgan fingerprint density at radius 1 is 1.03 bits per heavy atom. The fourth-order valence-corrected chi connectivity index (χ4v) is 5.58. The van der Waals surface area contributed by atoms with E-state index in [2.05, 4.69) is 27.0 Å². The first-order valence-electron chi connectivity index (χ1n) is 11.7. The Hall–Kier alpha value is -2.97. The number of hydrogen-bond donors (Lipinski definition) is 1. The van der Waals surface area contributed by atoms with Gasteiger partial charge in [0.2, 0.25) is 0 Å². The van der Waals surface area contributed by atoms with Gasteiger partial charge in [0, 0.05) is 28.4 Å². The van der Waals surface area contributed by atoms with Crippen LogP contribution < -0.4 is 0 Å². The van der Waals surface area contributed by atoms with Crippen LogP contribution in [0.15, 0.2) is 59.9 Å². The van der Waals surface area contributed by atoms with E-state index >= 15 is 0 Å². The molecule has 2 atom stereocenters. The predicted octanol–water partition coefficient (Wildman–Crippen LogP) is 5.80. The minimum Gasteiger partial charge on any atom is -0.360 e. The predicted molar refractivity (Wildman–Crippen MR) is 133 cm³/mol. The van der Waals surface area contributed by atoms with Crippen molar-refractivity contribution in [1.82, 2.24) is 24.6 Å². The van der Waals surface area contributed by atoms with Crippen LogP contribution in [0, 0.1) is 5.82 Å². The number of likely N-dealkylation sites (tertiary alicyclic amines) is 1. The average Bonchev–Trinajstić information content (AvgIpc) is 3.49. The lowest BCUT2D eigenvalue weighted by Gasteiger charge is -2.32. The number of aromatic amines is 1. The van der Waals surface area contributed by atoms with Gasteiger partial charge < -0.3 is 4.98 Å². The molecule has 1 N–H and O–H groups in total. The number of benzene rings is 2. The van der Waals surface area contributed by atoms with Crippen LogP contribution in [0.1, 0.15) is 55.3 Å². The average molecular weight is 478 g/mol. The molecule has 4 aromatic rings. The second-order valence-corrected chi connectivity index (χ2v) is 10.1. The number of rotatable bonds is 7. The third kappa shape index (κ3) is 4.40. The van der Waals surface area contributed by atoms with Crippen LogP contribution >= 0.6 is 11.8 Å². The summed E-state index contributed by atoms with van der Waals surface area (Å²) in [6, 6.07) is 14.2. The van der Waals surface area contributed by atoms with E-state index in [1.807, 2.05) is 35.8 Å². The highest BCUT2D eigenvalue weighted by Gasteiger charge is 2.28. The van der Waals surface area contributed by atoms with Crippen LogP contribution in [0.5, 0.6) is 0 Å². The van der Waals surface area contributed by atoms with Crippen LogP contribution in [0.2, 0.25) is 0 Å². The molecule has 0 spiro atoms. The minimum absolute atomic E-state index is 0.0294. The van der Waals surface area contributed by atoms with Gasteiger partial charge in [-0.1, -0.05) is 36.4 Å². The molecular weight excluding hydrogens is 449 g/mol. The summed E-state index contributed by atoms with van der Waals surface area (Å²) >= 11 is 1.38. The van der Waals surface area contributed by atoms with Gasteiger partial charge in [-0.05, 0) is 70.1 Å². The lowest BCUT2D eigenvalue weighted by atomic mass is 10.1. The Kier molecular flexibility index (Phi) is 6.52. The van der Waals surface area contributed by atoms with Gasteiger partial charge in [0.05, 0.1) is 11.3 Å². The number of piperidine rings is 1. The summed E-state index contributed by atoms with van der Waals surface area (Å²) in [5, 5.41) is 10.2. The van der Waals surface area contributed by atoms with Gasteiger partial charge in [-0.25, -0.2) is 4.39 Å². The number of carbonyl (C=O) groups is 1. The number of halogens is 1. The SMILES string of the molecule is C[C@H](c1nnc(S[C@H](C)C(=O)c2c[nH]c3ccccc23)n1-c1ccc(F)cc1)N1CCCCC1. The van der Waals surface area contributed by atoms with E-state index in [4.69, 9.17) is 0 Å². The normalized spacial score (nSPS) is 16.6. The van der Waals surface area contributed by atoms with Crippen LogP contribution in [0.4, 0.5) is 4.39 Å². The zero-order chi connectivity index (χ0) is 23.7. The number of nitrogens with one attached hydrogen (secondary N) is 1. The lowest BCUT2D eigenvalue weighted by molar-refractivity contribution is 0.0995. The maximum absolute atomic E-state index is 13.7. The molecule has 1 aliphatic heterocycles. The fraction of sp³-hybridized carbons (Fsp3) is 0.346. The molecule has 3 heterocycles. The highest BCUT2D eigenvalue weighted by Crippen LogP contribution is 2.33. The minimum atomic E-state index is -0.374. The molecule has 5 rings (SSSR count). The number of aromatic nitrogens is 4. The molecule has 34 heavy (non-hydrogen) atoms. The Bertz CT molecular complexity index is 1290. The number of Topliss-reactive ketones (excluding diaryl/α,β-unsaturated/α-hetero) is 1. The van der Waals surface area contributed by atoms with Gasteiger partial charge >= 0.3 is 0 Å². The van der Waals surface area contributed by atoms with Crippen molar-refractivity contribution in [1.29, 1.82) is 0 Å². The molecule has 0 bridgehead atoms. The largest absolute Gasteiger partial charge is 0.360 e. The zero-order valence-corrected chi connectivity index (χ0v) is 20.2. The van der Waals surface area contributed by atoms with Crippen molar-refractivity contribution >= 4 is 28.4 Å². The number of H-pyrrole nitrogens is 1. The van der Waals surface area contributed by atoms with E-state index in [1.165, 1.54) is 43.2 Å². The molecule has 0 amide bonds. The number of thioether (sulfide) groups is 1. The van der Waals surface area contributed by atoms with Crippen molar-refractivity contribution in [2.45, 2.75) is 49.6 Å². The third-order valence-corrected chi connectivity index (χ3v) is 7.60. The van der Waals surface area contributed by atoms with Gasteiger partial charge in [0.25, 0.3) is 0 Å². The van der Waals surface area contributed by atoms with Crippen molar-refractivity contribution in [2.24, 2.45) is 0 Å². The first-order chi connectivity index (χ1) is 16.5. The molecule has 0 unspecified atom stereocenters. The van der Waals surface area contributed by atoms with Crippen molar-refractivity contribution in [3.8, 4) is 5.69 Å². The highest BCUT2D eigenvalue weighted by atomic mass is 32.2. The van der Waals surface area contributed by atoms with Crippen molar-refractivity contribution in [2.75, 3.05) is 13.1 Å². The zero-order valence-electron chi connectivity index (χ0n) is 19.4. The second-order valence-electron chi connectivity index (χ2n) is 8.80. The molecule has 0 aliphatic carbocycles. The van der Waals surface area contributed by atoms with Crippen LogP contribution in [-0.4, -0.2) is 48.8 Å². The molecule has 2 aromatic heterocycles. The molecule has 0 radical (unpaired) electrons. The van der Waals surface area contributed by atoms with E-state index < -0.39 is 0 Å². The summed E-state index contributed by atoms with van der Waals surface area (Å²) in [5.74, 6) is 0.545. The van der Waals surface area contributed by atoms with E-state index in [-0.39, 0.29) is 22.9 Å². The third-order valence-electron chi connectivity index (χ3n) is 6.56. The number of fused-ring (bicyclic) bond motifs is 1. The van der Waals surface area contributed by atoms with Crippen molar-refractivity contribution < 1.29 is 9.18 Å². The number of para-hydroxylation sites is 1. The standard InChI is InChI=1S/C26H28FN5OS/c1-17(31-14-6-3-7-15-31)25-29-30-26(32(25)20-12-10-19(27)11-13-20)34-18(2)24(33)22-16-28-23-9-5-4-8-21(22)23/h4-5,8-13,16-18,28H,3,6-7,14-15H2,1-2H3/t17-,18-/m1/s1. The Morgan fingerprint density at radius 3 is 2.53 bits per heavy atom. The van der Waals surface area contributed by atoms with Gasteiger partial charge in [-0.15, -0.1) is 10.2 Å². The van der Waals surface area contributed by atoms with Gasteiger partial charge in [0.1, 0.15) is 5.82 Å². The second kappa shape index (κ2) is 9.72. The summed E-state index contributed by atoms with van der Waals surface area (Å²) in [5.41, 5.74) is 2.40. The first kappa shape index (κ1) is 22.8. The Balaban J connectivity index is 1.47. The Morgan fingerprint density at radius 2 is 1.76 bits per heavy atom. The molecule has 6 nitrogen and oxygen atoms in total. The Labute approximate surface area is 202 Å². The molecule has 2 aromatic carbocycles. The van der Waals surface area contributed by atoms with Crippen molar-refractivity contribution in [3.63, 3.8) is 0 Å². The summed E-state index contributed by atoms with van der Waals surface area (Å²) in [4.78, 5) is 18.9. The van der Waals surface area contributed by atoms with E-state index in [1.54, 1.807) is 18.3 Å². The summed E-state index contributed by atoms with van der Waals surface area (Å²) in [7, 11) is 0. The lowest BCUT2D eigenvalue weighted by Crippen LogP contribution is -2.33. The molecule has 1 saturated heterocycles. The number of nitrogens with zero attached hydrogens (tertiary/aromatic N) is 4. The van der Waals surface area contributed by atoms with E-state index in [0.717, 1.165) is 35.5 Å². The van der Waals surface area contributed by atoms with Crippen LogP contribution in [0.25, 0.3) is 16.6 Å². The van der Waals surface area contributed by atoms with Gasteiger partial charge in [-0.3, -0.25) is 14.3 Å². The smallest absolute Gasteiger partial charge is 0.196 e.